The third kappa shape index (κ3) is 3.58. The highest BCUT2D eigenvalue weighted by Gasteiger charge is 2.12. The highest BCUT2D eigenvalue weighted by molar-refractivity contribution is 9.10. The Labute approximate surface area is 126 Å². The molecule has 20 heavy (non-hydrogen) atoms. The third-order valence-corrected chi connectivity index (χ3v) is 3.70. The zero-order chi connectivity index (χ0) is 14.5. The normalized spacial score (nSPS) is 12.2. The summed E-state index contributed by atoms with van der Waals surface area (Å²) in [7, 11) is 0. The molecule has 2 N–H and O–H groups in total. The lowest BCUT2D eigenvalue weighted by molar-refractivity contribution is 0.317. The summed E-state index contributed by atoms with van der Waals surface area (Å²) < 4.78 is 19.3. The van der Waals surface area contributed by atoms with E-state index in [1.807, 2.05) is 24.3 Å². The highest BCUT2D eigenvalue weighted by Crippen LogP contribution is 2.28. The summed E-state index contributed by atoms with van der Waals surface area (Å²) in [5.74, 6) is 0.553. The van der Waals surface area contributed by atoms with E-state index in [1.165, 1.54) is 12.1 Å². The molecule has 0 radical (unpaired) electrons. The van der Waals surface area contributed by atoms with Gasteiger partial charge in [0.1, 0.15) is 11.6 Å². The summed E-state index contributed by atoms with van der Waals surface area (Å²) in [5.41, 5.74) is 8.04. The van der Waals surface area contributed by atoms with E-state index in [0.29, 0.717) is 11.1 Å². The number of benzene rings is 2. The predicted molar refractivity (Wildman–Crippen MR) is 82.4 cm³/mol. The van der Waals surface area contributed by atoms with E-state index >= 15 is 0 Å². The van der Waals surface area contributed by atoms with Gasteiger partial charge in [0.15, 0.2) is 0 Å². The van der Waals surface area contributed by atoms with E-state index in [2.05, 4.69) is 22.9 Å². The van der Waals surface area contributed by atoms with Crippen molar-refractivity contribution in [2.24, 2.45) is 5.73 Å². The van der Waals surface area contributed by atoms with Crippen LogP contribution in [0.25, 0.3) is 0 Å². The van der Waals surface area contributed by atoms with Gasteiger partial charge in [0.05, 0.1) is 12.6 Å². The SMILES string of the molecule is CCCOc1ccc(C(N)c2ccc(F)cc2Br)cc1. The fourth-order valence-electron chi connectivity index (χ4n) is 1.92. The first-order chi connectivity index (χ1) is 9.61. The van der Waals surface area contributed by atoms with Crippen LogP contribution in [0.1, 0.15) is 30.5 Å². The van der Waals surface area contributed by atoms with Crippen LogP contribution in [0.15, 0.2) is 46.9 Å². The van der Waals surface area contributed by atoms with Crippen molar-refractivity contribution < 1.29 is 9.13 Å². The molecule has 2 nitrogen and oxygen atoms in total. The maximum atomic E-state index is 13.1. The van der Waals surface area contributed by atoms with Crippen LogP contribution >= 0.6 is 15.9 Å². The van der Waals surface area contributed by atoms with Crippen LogP contribution in [0.2, 0.25) is 0 Å². The van der Waals surface area contributed by atoms with E-state index in [4.69, 9.17) is 10.5 Å². The molecule has 0 aliphatic heterocycles. The van der Waals surface area contributed by atoms with Crippen molar-refractivity contribution in [3.8, 4) is 5.75 Å². The van der Waals surface area contributed by atoms with Crippen LogP contribution in [-0.2, 0) is 0 Å². The zero-order valence-electron chi connectivity index (χ0n) is 11.3. The molecule has 1 unspecified atom stereocenters. The Balaban J connectivity index is 2.18. The first-order valence-electron chi connectivity index (χ1n) is 6.55. The standard InChI is InChI=1S/C16H17BrFNO/c1-2-9-20-13-6-3-11(4-7-13)16(19)14-8-5-12(18)10-15(14)17/h3-8,10,16H,2,9,19H2,1H3. The number of nitrogens with two attached hydrogens (primary N) is 1. The van der Waals surface area contributed by atoms with Crippen LogP contribution in [0.4, 0.5) is 4.39 Å². The van der Waals surface area contributed by atoms with Crippen molar-refractivity contribution in [3.63, 3.8) is 0 Å². The van der Waals surface area contributed by atoms with Gasteiger partial charge in [0.25, 0.3) is 0 Å². The summed E-state index contributed by atoms with van der Waals surface area (Å²) in [5, 5.41) is 0. The first-order valence-corrected chi connectivity index (χ1v) is 7.34. The number of ether oxygens (including phenoxy) is 1. The average Bonchev–Trinajstić information content (AvgIpc) is 2.45. The Kier molecular flexibility index (Phi) is 5.15. The minimum atomic E-state index is -0.301. The van der Waals surface area contributed by atoms with Crippen molar-refractivity contribution in [3.05, 3.63) is 63.9 Å². The molecule has 2 aromatic rings. The van der Waals surface area contributed by atoms with Crippen molar-refractivity contribution in [2.75, 3.05) is 6.61 Å². The molecule has 0 aromatic heterocycles. The van der Waals surface area contributed by atoms with Crippen molar-refractivity contribution in [1.29, 1.82) is 0 Å². The van der Waals surface area contributed by atoms with Gasteiger partial charge in [0, 0.05) is 4.47 Å². The van der Waals surface area contributed by atoms with Crippen molar-refractivity contribution >= 4 is 15.9 Å². The number of rotatable bonds is 5. The second-order valence-corrected chi connectivity index (χ2v) is 5.42. The molecule has 4 heteroatoms. The molecule has 0 aliphatic carbocycles. The smallest absolute Gasteiger partial charge is 0.124 e. The average molecular weight is 338 g/mol. The Bertz CT molecular complexity index is 571. The van der Waals surface area contributed by atoms with Crippen LogP contribution in [-0.4, -0.2) is 6.61 Å². The summed E-state index contributed by atoms with van der Waals surface area (Å²) in [6.07, 6.45) is 0.976. The predicted octanol–water partition coefficient (Wildman–Crippen LogP) is 4.43. The Morgan fingerprint density at radius 1 is 1.20 bits per heavy atom. The van der Waals surface area contributed by atoms with Crippen molar-refractivity contribution in [2.45, 2.75) is 19.4 Å². The van der Waals surface area contributed by atoms with Gasteiger partial charge in [-0.15, -0.1) is 0 Å². The highest BCUT2D eigenvalue weighted by atomic mass is 79.9. The molecule has 2 aromatic carbocycles. The lowest BCUT2D eigenvalue weighted by atomic mass is 9.99. The largest absolute Gasteiger partial charge is 0.494 e. The summed E-state index contributed by atoms with van der Waals surface area (Å²) in [4.78, 5) is 0. The van der Waals surface area contributed by atoms with Crippen molar-refractivity contribution in [1.82, 2.24) is 0 Å². The Hall–Kier alpha value is -1.39. The molecule has 0 saturated heterocycles. The molecule has 0 aliphatic rings. The topological polar surface area (TPSA) is 35.2 Å². The fraction of sp³-hybridized carbons (Fsp3) is 0.250. The minimum absolute atomic E-state index is 0.281. The van der Waals surface area contributed by atoms with Gasteiger partial charge in [-0.05, 0) is 41.8 Å². The number of halogens is 2. The van der Waals surface area contributed by atoms with Gasteiger partial charge < -0.3 is 10.5 Å². The molecule has 106 valence electrons. The van der Waals surface area contributed by atoms with Gasteiger partial charge in [-0.25, -0.2) is 4.39 Å². The zero-order valence-corrected chi connectivity index (χ0v) is 12.9. The van der Waals surface area contributed by atoms with Crippen LogP contribution in [0, 0.1) is 5.82 Å². The lowest BCUT2D eigenvalue weighted by Crippen LogP contribution is -2.12. The molecule has 0 bridgehead atoms. The number of hydrogen-bond acceptors (Lipinski definition) is 2. The van der Waals surface area contributed by atoms with Gasteiger partial charge in [0.2, 0.25) is 0 Å². The number of hydrogen-bond donors (Lipinski definition) is 1. The molecular weight excluding hydrogens is 321 g/mol. The molecule has 1 atom stereocenters. The van der Waals surface area contributed by atoms with Crippen LogP contribution < -0.4 is 10.5 Å². The van der Waals surface area contributed by atoms with E-state index in [9.17, 15) is 4.39 Å². The van der Waals surface area contributed by atoms with E-state index in [0.717, 1.165) is 23.3 Å². The fourth-order valence-corrected chi connectivity index (χ4v) is 2.52. The van der Waals surface area contributed by atoms with E-state index in [1.54, 1.807) is 6.07 Å². The maximum absolute atomic E-state index is 13.1. The van der Waals surface area contributed by atoms with Gasteiger partial charge in [-0.2, -0.15) is 0 Å². The molecule has 0 spiro atoms. The third-order valence-electron chi connectivity index (χ3n) is 3.01. The minimum Gasteiger partial charge on any atom is -0.494 e. The summed E-state index contributed by atoms with van der Waals surface area (Å²) in [6.45, 7) is 2.77. The summed E-state index contributed by atoms with van der Waals surface area (Å²) >= 11 is 3.35. The molecule has 0 heterocycles. The van der Waals surface area contributed by atoms with Gasteiger partial charge in [-0.1, -0.05) is 41.1 Å². The van der Waals surface area contributed by atoms with Crippen LogP contribution in [0.3, 0.4) is 0 Å². The van der Waals surface area contributed by atoms with E-state index in [-0.39, 0.29) is 11.9 Å². The first kappa shape index (κ1) is 15.0. The molecular formula is C16H17BrFNO. The van der Waals surface area contributed by atoms with Crippen LogP contribution in [0.5, 0.6) is 5.75 Å². The second kappa shape index (κ2) is 6.86. The molecule has 0 saturated carbocycles. The Morgan fingerprint density at radius 2 is 1.90 bits per heavy atom. The molecule has 0 fully saturated rings. The quantitative estimate of drug-likeness (QED) is 0.876. The second-order valence-electron chi connectivity index (χ2n) is 4.56. The Morgan fingerprint density at radius 3 is 2.50 bits per heavy atom. The monoisotopic (exact) mass is 337 g/mol. The molecule has 0 amide bonds. The summed E-state index contributed by atoms with van der Waals surface area (Å²) in [6, 6.07) is 11.9. The lowest BCUT2D eigenvalue weighted by Gasteiger charge is -2.15. The molecule has 2 rings (SSSR count). The van der Waals surface area contributed by atoms with Gasteiger partial charge in [-0.3, -0.25) is 0 Å². The van der Waals surface area contributed by atoms with Gasteiger partial charge >= 0.3 is 0 Å². The van der Waals surface area contributed by atoms with E-state index < -0.39 is 0 Å². The maximum Gasteiger partial charge on any atom is 0.124 e.